The van der Waals surface area contributed by atoms with Crippen LogP contribution in [0.3, 0.4) is 0 Å². The Morgan fingerprint density at radius 2 is 1.61 bits per heavy atom. The molecule has 0 N–H and O–H groups in total. The molecule has 4 aromatic rings. The van der Waals surface area contributed by atoms with E-state index in [2.05, 4.69) is 20.9 Å². The molecule has 0 atom stereocenters. The van der Waals surface area contributed by atoms with Gasteiger partial charge in [0.25, 0.3) is 5.56 Å². The summed E-state index contributed by atoms with van der Waals surface area (Å²) in [5, 5.41) is 0.747. The van der Waals surface area contributed by atoms with Gasteiger partial charge in [-0.05, 0) is 23.8 Å². The van der Waals surface area contributed by atoms with E-state index in [4.69, 9.17) is 39.5 Å². The van der Waals surface area contributed by atoms with Gasteiger partial charge < -0.3 is 4.74 Å². The van der Waals surface area contributed by atoms with Crippen molar-refractivity contribution in [1.29, 1.82) is 0 Å². The maximum absolute atomic E-state index is 13.0. The van der Waals surface area contributed by atoms with Gasteiger partial charge in [0, 0.05) is 24.6 Å². The van der Waals surface area contributed by atoms with Crippen LogP contribution in [0.2, 0.25) is 15.1 Å². The summed E-state index contributed by atoms with van der Waals surface area (Å²) in [6.07, 6.45) is 0. The Hall–Kier alpha value is -2.26. The first-order valence-corrected chi connectivity index (χ1v) is 10.8. The van der Waals surface area contributed by atoms with Crippen molar-refractivity contribution in [3.8, 4) is 11.8 Å². The topological polar surface area (TPSA) is 71.1 Å². The molecule has 11 heteroatoms. The third-order valence-corrected chi connectivity index (χ3v) is 6.29. The molecule has 0 unspecified atom stereocenters. The summed E-state index contributed by atoms with van der Waals surface area (Å²) in [5.41, 5.74) is 0.321. The molecule has 2 aromatic carbocycles. The number of fused-ring (bicyclic) bond motifs is 1. The van der Waals surface area contributed by atoms with Crippen LogP contribution in [0.1, 0.15) is 5.56 Å². The van der Waals surface area contributed by atoms with Gasteiger partial charge in [-0.2, -0.15) is 4.98 Å². The summed E-state index contributed by atoms with van der Waals surface area (Å²) >= 11 is 21.8. The molecule has 0 saturated heterocycles. The average molecular weight is 545 g/mol. The average Bonchev–Trinajstić information content (AvgIpc) is 3.08. The van der Waals surface area contributed by atoms with Gasteiger partial charge in [0.2, 0.25) is 0 Å². The second-order valence-corrected chi connectivity index (χ2v) is 8.92. The smallest absolute Gasteiger partial charge is 0.332 e. The van der Waals surface area contributed by atoms with E-state index in [0.717, 1.165) is 14.6 Å². The highest BCUT2D eigenvalue weighted by molar-refractivity contribution is 9.10. The number of nitrogens with zero attached hydrogens (tertiary/aromatic N) is 4. The van der Waals surface area contributed by atoms with Crippen molar-refractivity contribution in [3.63, 3.8) is 0 Å². The molecule has 0 spiro atoms. The number of ether oxygens (including phenoxy) is 1. The van der Waals surface area contributed by atoms with Gasteiger partial charge in [0.05, 0.1) is 21.6 Å². The molecule has 0 bridgehead atoms. The van der Waals surface area contributed by atoms with E-state index in [9.17, 15) is 9.59 Å². The van der Waals surface area contributed by atoms with Crippen LogP contribution in [0.4, 0.5) is 0 Å². The predicted octanol–water partition coefficient (Wildman–Crippen LogP) is 5.00. The van der Waals surface area contributed by atoms with Crippen LogP contribution < -0.4 is 16.0 Å². The fraction of sp³-hybridized carbons (Fsp3) is 0.150. The number of halogens is 4. The van der Waals surface area contributed by atoms with E-state index < -0.39 is 11.2 Å². The van der Waals surface area contributed by atoms with E-state index in [1.54, 1.807) is 4.57 Å². The fourth-order valence-electron chi connectivity index (χ4n) is 3.10. The first kappa shape index (κ1) is 22.0. The molecule has 0 saturated carbocycles. The van der Waals surface area contributed by atoms with Crippen LogP contribution in [0.25, 0.3) is 11.2 Å². The Kier molecular flexibility index (Phi) is 5.91. The normalized spacial score (nSPS) is 11.3. The lowest BCUT2D eigenvalue weighted by atomic mass is 10.2. The number of aryl methyl sites for hydroxylation is 1. The molecule has 4 rings (SSSR count). The summed E-state index contributed by atoms with van der Waals surface area (Å²) in [6.45, 7) is 0.269. The third-order valence-electron chi connectivity index (χ3n) is 4.74. The molecule has 0 radical (unpaired) electrons. The largest absolute Gasteiger partial charge is 0.424 e. The molecule has 2 aromatic heterocycles. The molecule has 7 nitrogen and oxygen atoms in total. The molecule has 0 aliphatic carbocycles. The lowest BCUT2D eigenvalue weighted by Crippen LogP contribution is -2.37. The number of rotatable bonds is 4. The van der Waals surface area contributed by atoms with Gasteiger partial charge in [-0.1, -0.05) is 62.9 Å². The van der Waals surface area contributed by atoms with E-state index in [1.165, 1.54) is 30.8 Å². The van der Waals surface area contributed by atoms with Gasteiger partial charge in [-0.25, -0.2) is 4.79 Å². The van der Waals surface area contributed by atoms with E-state index in [1.807, 2.05) is 24.3 Å². The van der Waals surface area contributed by atoms with Gasteiger partial charge in [0.15, 0.2) is 16.9 Å². The minimum atomic E-state index is -0.495. The van der Waals surface area contributed by atoms with Gasteiger partial charge in [-0.3, -0.25) is 18.5 Å². The Labute approximate surface area is 199 Å². The fourth-order valence-corrected chi connectivity index (χ4v) is 3.94. The highest BCUT2D eigenvalue weighted by Gasteiger charge is 2.22. The van der Waals surface area contributed by atoms with E-state index in [-0.39, 0.29) is 44.5 Å². The molecule has 0 fully saturated rings. The second kappa shape index (κ2) is 8.35. The van der Waals surface area contributed by atoms with Crippen molar-refractivity contribution < 1.29 is 4.74 Å². The number of hydrogen-bond donors (Lipinski definition) is 0. The molecular weight excluding hydrogens is 531 g/mol. The Morgan fingerprint density at radius 3 is 2.29 bits per heavy atom. The third kappa shape index (κ3) is 4.01. The van der Waals surface area contributed by atoms with Crippen molar-refractivity contribution in [2.75, 3.05) is 0 Å². The molecule has 0 aliphatic rings. The van der Waals surface area contributed by atoms with Crippen LogP contribution in [0, 0.1) is 0 Å². The zero-order valence-corrected chi connectivity index (χ0v) is 20.1. The summed E-state index contributed by atoms with van der Waals surface area (Å²) in [6, 6.07) is 10.6. The Bertz CT molecular complexity index is 1440. The quantitative estimate of drug-likeness (QED) is 0.339. The van der Waals surface area contributed by atoms with Crippen molar-refractivity contribution in [2.24, 2.45) is 14.1 Å². The predicted molar refractivity (Wildman–Crippen MR) is 125 cm³/mol. The van der Waals surface area contributed by atoms with Crippen molar-refractivity contribution >= 4 is 61.9 Å². The second-order valence-electron chi connectivity index (χ2n) is 6.78. The van der Waals surface area contributed by atoms with Crippen LogP contribution in [0.15, 0.2) is 50.5 Å². The minimum Gasteiger partial charge on any atom is -0.424 e. The number of benzene rings is 2. The lowest BCUT2D eigenvalue weighted by molar-refractivity contribution is 0.421. The summed E-state index contributed by atoms with van der Waals surface area (Å²) in [5.74, 6) is 0.213. The maximum Gasteiger partial charge on any atom is 0.332 e. The van der Waals surface area contributed by atoms with Crippen LogP contribution in [-0.2, 0) is 20.6 Å². The molecule has 0 aliphatic heterocycles. The van der Waals surface area contributed by atoms with Crippen LogP contribution >= 0.6 is 50.7 Å². The van der Waals surface area contributed by atoms with E-state index in [0.29, 0.717) is 0 Å². The number of imidazole rings is 1. The standard InChI is InChI=1S/C20H14BrCl3N4O3/c1-26-17-16(18(29)27(2)20(26)30)28(9-10-3-5-11(21)6-4-10)19(25-17)31-15-8-13(23)12(22)7-14(15)24/h3-8H,9H2,1-2H3. The van der Waals surface area contributed by atoms with Crippen LogP contribution in [0.5, 0.6) is 11.8 Å². The molecule has 160 valence electrons. The van der Waals surface area contributed by atoms with E-state index >= 15 is 0 Å². The zero-order chi connectivity index (χ0) is 22.4. The maximum atomic E-state index is 13.0. The molecule has 2 heterocycles. The highest BCUT2D eigenvalue weighted by Crippen LogP contribution is 2.36. The van der Waals surface area contributed by atoms with Gasteiger partial charge in [-0.15, -0.1) is 0 Å². The molecular formula is C20H14BrCl3N4O3. The monoisotopic (exact) mass is 542 g/mol. The number of hydrogen-bond acceptors (Lipinski definition) is 4. The highest BCUT2D eigenvalue weighted by atomic mass is 79.9. The van der Waals surface area contributed by atoms with Crippen molar-refractivity contribution in [1.82, 2.24) is 18.7 Å². The Balaban J connectivity index is 1.95. The lowest BCUT2D eigenvalue weighted by Gasteiger charge is -2.12. The minimum absolute atomic E-state index is 0.0801. The zero-order valence-electron chi connectivity index (χ0n) is 16.2. The Morgan fingerprint density at radius 1 is 0.968 bits per heavy atom. The summed E-state index contributed by atoms with van der Waals surface area (Å²) in [4.78, 5) is 29.8. The van der Waals surface area contributed by atoms with Gasteiger partial charge in [0.1, 0.15) is 0 Å². The summed E-state index contributed by atoms with van der Waals surface area (Å²) in [7, 11) is 2.95. The van der Waals surface area contributed by atoms with Crippen LogP contribution in [-0.4, -0.2) is 18.7 Å². The van der Waals surface area contributed by atoms with Gasteiger partial charge >= 0.3 is 11.7 Å². The van der Waals surface area contributed by atoms with Crippen molar-refractivity contribution in [2.45, 2.75) is 6.54 Å². The van der Waals surface area contributed by atoms with Crippen molar-refractivity contribution in [3.05, 3.63) is 82.3 Å². The SMILES string of the molecule is Cn1c(=O)c2c(nc(Oc3cc(Cl)c(Cl)cc3Cl)n2Cc2ccc(Br)cc2)n(C)c1=O. The molecule has 0 amide bonds. The first-order valence-electron chi connectivity index (χ1n) is 8.90. The first-order chi connectivity index (χ1) is 14.7. The molecule has 31 heavy (non-hydrogen) atoms. The summed E-state index contributed by atoms with van der Waals surface area (Å²) < 4.78 is 10.8. The number of aromatic nitrogens is 4.